The van der Waals surface area contributed by atoms with Crippen LogP contribution in [0.1, 0.15) is 5.56 Å². The van der Waals surface area contributed by atoms with Gasteiger partial charge in [0.1, 0.15) is 12.1 Å². The van der Waals surface area contributed by atoms with Crippen molar-refractivity contribution in [2.45, 2.75) is 0 Å². The molecule has 86 valence electrons. The maximum atomic E-state index is 12.1. The molecule has 0 N–H and O–H groups in total. The van der Waals surface area contributed by atoms with Crippen molar-refractivity contribution >= 4 is 5.65 Å². The van der Waals surface area contributed by atoms with Crippen LogP contribution >= 0.6 is 0 Å². The molecule has 2 aromatic rings. The van der Waals surface area contributed by atoms with Crippen molar-refractivity contribution in [3.05, 3.63) is 54.2 Å². The Labute approximate surface area is 103 Å². The molecule has 0 aromatic carbocycles. The minimum Gasteiger partial charge on any atom is -0.220 e. The predicted octanol–water partition coefficient (Wildman–Crippen LogP) is 2.52. The average molecular weight is 237 g/mol. The van der Waals surface area contributed by atoms with E-state index in [0.29, 0.717) is 0 Å². The molecule has 2 aliphatic carbocycles. The molecule has 4 rings (SSSR count). The molecule has 3 nitrogen and oxygen atoms in total. The second-order valence-electron chi connectivity index (χ2n) is 3.82. The van der Waals surface area contributed by atoms with Gasteiger partial charge >= 0.3 is 0 Å². The Bertz CT molecular complexity index is 768. The van der Waals surface area contributed by atoms with Crippen LogP contribution in [0, 0.1) is 18.2 Å². The van der Waals surface area contributed by atoms with E-state index in [9.17, 15) is 4.39 Å². The lowest BCUT2D eigenvalue weighted by Crippen LogP contribution is -1.87. The molecular formula is C14H8FN3. The molecular weight excluding hydrogens is 229 g/mol. The van der Waals surface area contributed by atoms with Gasteiger partial charge in [-0.1, -0.05) is 12.0 Å². The zero-order valence-electron chi connectivity index (χ0n) is 9.34. The summed E-state index contributed by atoms with van der Waals surface area (Å²) in [4.78, 5) is 3.98. The van der Waals surface area contributed by atoms with Crippen molar-refractivity contribution < 1.29 is 4.39 Å². The fourth-order valence-electron chi connectivity index (χ4n) is 1.62. The second kappa shape index (κ2) is 3.97. The predicted molar refractivity (Wildman–Crippen MR) is 66.3 cm³/mol. The molecule has 0 saturated heterocycles. The van der Waals surface area contributed by atoms with Crippen molar-refractivity contribution in [2.75, 3.05) is 0 Å². The maximum absolute atomic E-state index is 12.1. The van der Waals surface area contributed by atoms with Gasteiger partial charge in [-0.3, -0.25) is 0 Å². The second-order valence-corrected chi connectivity index (χ2v) is 3.82. The van der Waals surface area contributed by atoms with Crippen LogP contribution in [0.4, 0.5) is 4.39 Å². The summed E-state index contributed by atoms with van der Waals surface area (Å²) < 4.78 is 13.7. The van der Waals surface area contributed by atoms with E-state index in [1.54, 1.807) is 16.8 Å². The zero-order valence-corrected chi connectivity index (χ0v) is 9.34. The summed E-state index contributed by atoms with van der Waals surface area (Å²) in [5, 5.41) is 3.94. The van der Waals surface area contributed by atoms with E-state index in [1.807, 2.05) is 18.2 Å². The van der Waals surface area contributed by atoms with E-state index in [4.69, 9.17) is 6.42 Å². The van der Waals surface area contributed by atoms with Crippen molar-refractivity contribution in [3.63, 3.8) is 0 Å². The smallest absolute Gasteiger partial charge is 0.155 e. The van der Waals surface area contributed by atoms with E-state index in [2.05, 4.69) is 16.0 Å². The number of rotatable bonds is 0. The Balaban J connectivity index is 0.000000122. The van der Waals surface area contributed by atoms with E-state index in [1.165, 1.54) is 12.4 Å². The third-order valence-electron chi connectivity index (χ3n) is 2.63. The van der Waals surface area contributed by atoms with Gasteiger partial charge in [0.15, 0.2) is 5.65 Å². The number of nitrogens with zero attached hydrogens (tertiary/aromatic N) is 3. The first kappa shape index (κ1) is 10.5. The Morgan fingerprint density at radius 3 is 2.67 bits per heavy atom. The molecule has 0 atom stereocenters. The van der Waals surface area contributed by atoms with Gasteiger partial charge in [0.25, 0.3) is 0 Å². The molecule has 2 aromatic heterocycles. The number of hydrogen-bond acceptors (Lipinski definition) is 2. The molecule has 18 heavy (non-hydrogen) atoms. The summed E-state index contributed by atoms with van der Waals surface area (Å²) in [6.07, 6.45) is 8.46. The fourth-order valence-corrected chi connectivity index (χ4v) is 1.62. The van der Waals surface area contributed by atoms with Gasteiger partial charge in [-0.25, -0.2) is 13.9 Å². The third-order valence-corrected chi connectivity index (χ3v) is 2.63. The number of hydrogen-bond donors (Lipinski definition) is 0. The molecule has 4 heteroatoms. The number of aromatic nitrogens is 3. The standard InChI is InChI=1S/C8H5N3.C6H3F/c1-2-7-3-4-8-9-6-10-11(8)5-7;7-6-2-1-4-3-5(4)6/h1,3-6H;1-3H. The molecule has 2 heterocycles. The van der Waals surface area contributed by atoms with Gasteiger partial charge in [-0.15, -0.1) is 6.42 Å². The number of fused-ring (bicyclic) bond motifs is 2. The van der Waals surface area contributed by atoms with Crippen LogP contribution in [-0.2, 0) is 0 Å². The lowest BCUT2D eigenvalue weighted by molar-refractivity contribution is 0.637. The summed E-state index contributed by atoms with van der Waals surface area (Å²) in [7, 11) is 0. The number of terminal acetylenes is 1. The van der Waals surface area contributed by atoms with Crippen LogP contribution in [0.5, 0.6) is 0 Å². The summed E-state index contributed by atoms with van der Waals surface area (Å²) in [6, 6.07) is 8.77. The van der Waals surface area contributed by atoms with E-state index < -0.39 is 0 Å². The topological polar surface area (TPSA) is 30.2 Å². The van der Waals surface area contributed by atoms with E-state index >= 15 is 0 Å². The highest BCUT2D eigenvalue weighted by Gasteiger charge is 2.15. The summed E-state index contributed by atoms with van der Waals surface area (Å²) >= 11 is 0. The SMILES string of the molecule is C#Cc1ccc2ncnn2c1.Fc1ccc2cc1-2. The first-order valence-electron chi connectivity index (χ1n) is 5.34. The van der Waals surface area contributed by atoms with Gasteiger partial charge in [0, 0.05) is 17.3 Å². The average Bonchev–Trinajstić information content (AvgIpc) is 2.88. The van der Waals surface area contributed by atoms with Crippen LogP contribution in [0.25, 0.3) is 16.8 Å². The Morgan fingerprint density at radius 1 is 1.22 bits per heavy atom. The van der Waals surface area contributed by atoms with Crippen LogP contribution in [0.15, 0.2) is 42.9 Å². The van der Waals surface area contributed by atoms with Gasteiger partial charge in [-0.05, 0) is 29.8 Å². The first-order valence-corrected chi connectivity index (χ1v) is 5.34. The Hall–Kier alpha value is -2.67. The van der Waals surface area contributed by atoms with Crippen LogP contribution < -0.4 is 0 Å². The highest BCUT2D eigenvalue weighted by Crippen LogP contribution is 2.36. The number of pyridine rings is 1. The van der Waals surface area contributed by atoms with E-state index in [-0.39, 0.29) is 5.82 Å². The summed E-state index contributed by atoms with van der Waals surface area (Å²) in [6.45, 7) is 0. The number of halogens is 1. The normalized spacial score (nSPS) is 10.4. The third kappa shape index (κ3) is 1.82. The summed E-state index contributed by atoms with van der Waals surface area (Å²) in [5.41, 5.74) is 3.49. The van der Waals surface area contributed by atoms with Crippen LogP contribution in [0.2, 0.25) is 0 Å². The molecule has 0 amide bonds. The quantitative estimate of drug-likeness (QED) is 0.440. The lowest BCUT2D eigenvalue weighted by Gasteiger charge is -1.90. The largest absolute Gasteiger partial charge is 0.220 e. The molecule has 0 bridgehead atoms. The Morgan fingerprint density at radius 2 is 2.11 bits per heavy atom. The van der Waals surface area contributed by atoms with Gasteiger partial charge in [0.05, 0.1) is 0 Å². The van der Waals surface area contributed by atoms with Crippen LogP contribution in [0.3, 0.4) is 0 Å². The zero-order chi connectivity index (χ0) is 12.5. The van der Waals surface area contributed by atoms with Crippen molar-refractivity contribution in [1.29, 1.82) is 0 Å². The molecule has 2 aliphatic rings. The van der Waals surface area contributed by atoms with Gasteiger partial charge in [0.2, 0.25) is 0 Å². The van der Waals surface area contributed by atoms with Crippen molar-refractivity contribution in [2.24, 2.45) is 0 Å². The van der Waals surface area contributed by atoms with Crippen LogP contribution in [-0.4, -0.2) is 14.6 Å². The molecule has 0 fully saturated rings. The Kier molecular flexibility index (Phi) is 2.31. The monoisotopic (exact) mass is 237 g/mol. The molecule has 0 radical (unpaired) electrons. The van der Waals surface area contributed by atoms with Gasteiger partial charge < -0.3 is 0 Å². The van der Waals surface area contributed by atoms with Crippen molar-refractivity contribution in [3.8, 4) is 23.5 Å². The minimum absolute atomic E-state index is 0.0741. The lowest BCUT2D eigenvalue weighted by atomic mass is 10.3. The van der Waals surface area contributed by atoms with E-state index in [0.717, 1.165) is 22.3 Å². The molecule has 0 unspecified atom stereocenters. The minimum atomic E-state index is -0.0741. The molecule has 0 spiro atoms. The summed E-state index contributed by atoms with van der Waals surface area (Å²) in [5.74, 6) is 2.45. The highest BCUT2D eigenvalue weighted by molar-refractivity contribution is 5.81. The molecule has 0 saturated carbocycles. The molecule has 0 aliphatic heterocycles. The maximum Gasteiger partial charge on any atom is 0.155 e. The fraction of sp³-hybridized carbons (Fsp3) is 0. The highest BCUT2D eigenvalue weighted by atomic mass is 19.1. The first-order chi connectivity index (χ1) is 8.78. The number of benzene rings is 1. The van der Waals surface area contributed by atoms with Gasteiger partial charge in [-0.2, -0.15) is 5.10 Å². The van der Waals surface area contributed by atoms with Crippen molar-refractivity contribution in [1.82, 2.24) is 14.6 Å².